The van der Waals surface area contributed by atoms with Crippen LogP contribution >= 0.6 is 0 Å². The highest BCUT2D eigenvalue weighted by atomic mass is 19.3. The largest absolute Gasteiger partial charge is 0.476 e. The van der Waals surface area contributed by atoms with Gasteiger partial charge in [0.05, 0.1) is 17.6 Å². The number of rotatable bonds is 4. The van der Waals surface area contributed by atoms with Gasteiger partial charge in [-0.25, -0.2) is 14.8 Å². The van der Waals surface area contributed by atoms with Crippen molar-refractivity contribution >= 4 is 5.97 Å². The maximum absolute atomic E-state index is 12.3. The molecule has 2 rings (SSSR count). The summed E-state index contributed by atoms with van der Waals surface area (Å²) in [6.07, 6.45) is 1.21. The van der Waals surface area contributed by atoms with Crippen molar-refractivity contribution in [3.63, 3.8) is 0 Å². The van der Waals surface area contributed by atoms with Crippen LogP contribution in [0.25, 0.3) is 11.3 Å². The van der Waals surface area contributed by atoms with Crippen LogP contribution in [0.4, 0.5) is 8.78 Å². The third kappa shape index (κ3) is 2.87. The summed E-state index contributed by atoms with van der Waals surface area (Å²) in [6, 6.07) is 6.11. The van der Waals surface area contributed by atoms with Gasteiger partial charge >= 0.3 is 12.6 Å². The minimum atomic E-state index is -2.96. The van der Waals surface area contributed by atoms with Gasteiger partial charge in [-0.15, -0.1) is 0 Å². The van der Waals surface area contributed by atoms with Gasteiger partial charge in [-0.05, 0) is 19.1 Å². The number of ether oxygens (including phenoxy) is 1. The molecule has 0 saturated heterocycles. The van der Waals surface area contributed by atoms with Crippen molar-refractivity contribution < 1.29 is 23.4 Å². The zero-order valence-corrected chi connectivity index (χ0v) is 10.4. The van der Waals surface area contributed by atoms with Crippen molar-refractivity contribution in [1.29, 1.82) is 0 Å². The first-order valence-corrected chi connectivity index (χ1v) is 5.60. The van der Waals surface area contributed by atoms with Crippen molar-refractivity contribution in [3.05, 3.63) is 41.9 Å². The molecule has 7 heteroatoms. The standard InChI is InChI=1S/C13H10F2N2O3/c1-7-11(12(18)19)16-6-9(17-7)8-4-2-3-5-10(8)20-13(14)15/h2-6,13H,1H3,(H,18,19). The third-order valence-electron chi connectivity index (χ3n) is 2.53. The number of halogens is 2. The fraction of sp³-hybridized carbons (Fsp3) is 0.154. The second kappa shape index (κ2) is 5.60. The molecule has 0 atom stereocenters. The van der Waals surface area contributed by atoms with E-state index in [2.05, 4.69) is 14.7 Å². The van der Waals surface area contributed by atoms with Crippen molar-refractivity contribution in [2.75, 3.05) is 0 Å². The minimum Gasteiger partial charge on any atom is -0.476 e. The summed E-state index contributed by atoms with van der Waals surface area (Å²) in [5, 5.41) is 8.87. The van der Waals surface area contributed by atoms with Crippen LogP contribution in [0.3, 0.4) is 0 Å². The molecule has 1 aromatic carbocycles. The van der Waals surface area contributed by atoms with Crippen LogP contribution in [-0.4, -0.2) is 27.7 Å². The van der Waals surface area contributed by atoms with E-state index in [4.69, 9.17) is 5.11 Å². The number of aromatic nitrogens is 2. The first-order valence-electron chi connectivity index (χ1n) is 5.60. The van der Waals surface area contributed by atoms with Crippen molar-refractivity contribution in [1.82, 2.24) is 9.97 Å². The lowest BCUT2D eigenvalue weighted by Gasteiger charge is -2.10. The number of aromatic carboxylic acids is 1. The SMILES string of the molecule is Cc1nc(-c2ccccc2OC(F)F)cnc1C(=O)O. The van der Waals surface area contributed by atoms with E-state index in [9.17, 15) is 13.6 Å². The molecular formula is C13H10F2N2O3. The maximum Gasteiger partial charge on any atom is 0.387 e. The lowest BCUT2D eigenvalue weighted by molar-refractivity contribution is -0.0494. The quantitative estimate of drug-likeness (QED) is 0.932. The van der Waals surface area contributed by atoms with Crippen LogP contribution in [0.2, 0.25) is 0 Å². The molecule has 0 unspecified atom stereocenters. The van der Waals surface area contributed by atoms with Crippen LogP contribution < -0.4 is 4.74 Å². The van der Waals surface area contributed by atoms with E-state index >= 15 is 0 Å². The number of nitrogens with zero attached hydrogens (tertiary/aromatic N) is 2. The number of para-hydroxylation sites is 1. The lowest BCUT2D eigenvalue weighted by atomic mass is 10.1. The molecule has 0 aliphatic carbocycles. The maximum atomic E-state index is 12.3. The van der Waals surface area contributed by atoms with Gasteiger partial charge in [0.25, 0.3) is 0 Å². The summed E-state index contributed by atoms with van der Waals surface area (Å²) >= 11 is 0. The highest BCUT2D eigenvalue weighted by Gasteiger charge is 2.15. The second-order valence-electron chi connectivity index (χ2n) is 3.87. The number of hydrogen-bond donors (Lipinski definition) is 1. The molecule has 0 radical (unpaired) electrons. The first kappa shape index (κ1) is 13.9. The highest BCUT2D eigenvalue weighted by molar-refractivity contribution is 5.86. The molecule has 0 aliphatic heterocycles. The Morgan fingerprint density at radius 2 is 2.05 bits per heavy atom. The number of carboxylic acids is 1. The Hall–Kier alpha value is -2.57. The van der Waals surface area contributed by atoms with E-state index in [-0.39, 0.29) is 22.8 Å². The summed E-state index contributed by atoms with van der Waals surface area (Å²) < 4.78 is 29.1. The Morgan fingerprint density at radius 1 is 1.35 bits per heavy atom. The molecule has 0 bridgehead atoms. The van der Waals surface area contributed by atoms with Crippen molar-refractivity contribution in [3.8, 4) is 17.0 Å². The average molecular weight is 280 g/mol. The summed E-state index contributed by atoms with van der Waals surface area (Å²) in [4.78, 5) is 18.7. The number of aryl methyl sites for hydroxylation is 1. The molecule has 2 aromatic rings. The predicted octanol–water partition coefficient (Wildman–Crippen LogP) is 2.75. The number of alkyl halides is 2. The van der Waals surface area contributed by atoms with Gasteiger partial charge in [0.1, 0.15) is 5.75 Å². The zero-order valence-electron chi connectivity index (χ0n) is 10.4. The fourth-order valence-corrected chi connectivity index (χ4v) is 1.70. The number of hydrogen-bond acceptors (Lipinski definition) is 4. The van der Waals surface area contributed by atoms with Crippen LogP contribution in [0, 0.1) is 6.92 Å². The Kier molecular flexibility index (Phi) is 3.88. The van der Waals surface area contributed by atoms with E-state index in [0.717, 1.165) is 0 Å². The minimum absolute atomic E-state index is 0.0423. The van der Waals surface area contributed by atoms with Crippen LogP contribution in [0.5, 0.6) is 5.75 Å². The van der Waals surface area contributed by atoms with Crippen LogP contribution in [0.1, 0.15) is 16.2 Å². The van der Waals surface area contributed by atoms with E-state index in [0.29, 0.717) is 5.56 Å². The Morgan fingerprint density at radius 3 is 2.65 bits per heavy atom. The summed E-state index contributed by atoms with van der Waals surface area (Å²) in [6.45, 7) is -1.47. The van der Waals surface area contributed by atoms with E-state index in [1.54, 1.807) is 18.2 Å². The van der Waals surface area contributed by atoms with Crippen LogP contribution in [0.15, 0.2) is 30.5 Å². The molecule has 0 amide bonds. The van der Waals surface area contributed by atoms with Crippen molar-refractivity contribution in [2.45, 2.75) is 13.5 Å². The normalized spacial score (nSPS) is 10.6. The molecule has 0 fully saturated rings. The van der Waals surface area contributed by atoms with Gasteiger partial charge in [-0.3, -0.25) is 0 Å². The Labute approximate surface area is 112 Å². The van der Waals surface area contributed by atoms with Gasteiger partial charge in [-0.2, -0.15) is 8.78 Å². The smallest absolute Gasteiger partial charge is 0.387 e. The lowest BCUT2D eigenvalue weighted by Crippen LogP contribution is -2.07. The Balaban J connectivity index is 2.46. The van der Waals surface area contributed by atoms with Gasteiger partial charge in [0, 0.05) is 5.56 Å². The summed E-state index contributed by atoms with van der Waals surface area (Å²) in [5.74, 6) is -1.24. The molecule has 0 aliphatic rings. The fourth-order valence-electron chi connectivity index (χ4n) is 1.70. The third-order valence-corrected chi connectivity index (χ3v) is 2.53. The number of carbonyl (C=O) groups is 1. The van der Waals surface area contributed by atoms with Gasteiger partial charge in [0.15, 0.2) is 5.69 Å². The summed E-state index contributed by atoms with van der Waals surface area (Å²) in [7, 11) is 0. The summed E-state index contributed by atoms with van der Waals surface area (Å²) in [5.41, 5.74) is 0.604. The second-order valence-corrected chi connectivity index (χ2v) is 3.87. The number of carboxylic acid groups (broad SMARTS) is 1. The van der Waals surface area contributed by atoms with Crippen molar-refractivity contribution in [2.24, 2.45) is 0 Å². The van der Waals surface area contributed by atoms with Gasteiger partial charge < -0.3 is 9.84 Å². The topological polar surface area (TPSA) is 72.3 Å². The van der Waals surface area contributed by atoms with E-state index < -0.39 is 12.6 Å². The average Bonchev–Trinajstić information content (AvgIpc) is 2.38. The van der Waals surface area contributed by atoms with Gasteiger partial charge in [-0.1, -0.05) is 12.1 Å². The Bertz CT molecular complexity index is 647. The highest BCUT2D eigenvalue weighted by Crippen LogP contribution is 2.29. The van der Waals surface area contributed by atoms with E-state index in [1.165, 1.54) is 19.2 Å². The van der Waals surface area contributed by atoms with E-state index in [1.807, 2.05) is 0 Å². The molecule has 0 saturated carbocycles. The number of benzene rings is 1. The molecule has 1 aromatic heterocycles. The monoisotopic (exact) mass is 280 g/mol. The molecule has 1 N–H and O–H groups in total. The van der Waals surface area contributed by atoms with Gasteiger partial charge in [0.2, 0.25) is 0 Å². The molecule has 0 spiro atoms. The van der Waals surface area contributed by atoms with Crippen LogP contribution in [-0.2, 0) is 0 Å². The zero-order chi connectivity index (χ0) is 14.7. The predicted molar refractivity (Wildman–Crippen MR) is 65.8 cm³/mol. The molecule has 5 nitrogen and oxygen atoms in total. The first-order chi connectivity index (χ1) is 9.49. The molecule has 20 heavy (non-hydrogen) atoms. The molecular weight excluding hydrogens is 270 g/mol. The molecule has 1 heterocycles. The molecule has 104 valence electrons.